The Bertz CT molecular complexity index is 1590. The Hall–Kier alpha value is -3.59. The number of nitrogens with zero attached hydrogens (tertiary/aromatic N) is 1. The fourth-order valence-electron chi connectivity index (χ4n) is 7.69. The average molecular weight is 547 g/mol. The molecule has 210 valence electrons. The van der Waals surface area contributed by atoms with Gasteiger partial charge in [-0.25, -0.2) is 9.78 Å². The number of pyridine rings is 1. The maximum atomic E-state index is 14.1. The van der Waals surface area contributed by atoms with Crippen LogP contribution in [-0.4, -0.2) is 39.5 Å². The van der Waals surface area contributed by atoms with Crippen LogP contribution < -0.4 is 15.9 Å². The highest BCUT2D eigenvalue weighted by Crippen LogP contribution is 2.59. The fourth-order valence-corrected chi connectivity index (χ4v) is 7.69. The number of phenolic OH excluding ortho intramolecular Hbond substituents is 1. The molecule has 0 radical (unpaired) electrons. The zero-order chi connectivity index (χ0) is 28.0. The first-order chi connectivity index (χ1) is 19.1. The van der Waals surface area contributed by atoms with Crippen molar-refractivity contribution in [2.75, 3.05) is 5.73 Å². The Labute approximate surface area is 231 Å². The summed E-state index contributed by atoms with van der Waals surface area (Å²) in [7, 11) is 0. The van der Waals surface area contributed by atoms with Gasteiger partial charge in [-0.1, -0.05) is 0 Å². The molecule has 9 heteroatoms. The van der Waals surface area contributed by atoms with Gasteiger partial charge in [0.05, 0.1) is 6.10 Å². The van der Waals surface area contributed by atoms with Crippen molar-refractivity contribution in [2.24, 2.45) is 11.8 Å². The highest BCUT2D eigenvalue weighted by Gasteiger charge is 2.69. The molecular formula is C31H34N2O7. The van der Waals surface area contributed by atoms with Crippen molar-refractivity contribution < 1.29 is 28.5 Å². The Kier molecular flexibility index (Phi) is 5.52. The van der Waals surface area contributed by atoms with E-state index in [2.05, 4.69) is 4.98 Å². The maximum absolute atomic E-state index is 14.1. The Balaban J connectivity index is 1.27. The highest BCUT2D eigenvalue weighted by molar-refractivity contribution is 5.88. The molecular weight excluding hydrogens is 512 g/mol. The number of rotatable bonds is 3. The molecule has 3 saturated heterocycles. The third-order valence-corrected chi connectivity index (χ3v) is 9.57. The Morgan fingerprint density at radius 3 is 2.65 bits per heavy atom. The van der Waals surface area contributed by atoms with Gasteiger partial charge in [0.1, 0.15) is 45.8 Å². The predicted octanol–water partition coefficient (Wildman–Crippen LogP) is 4.54. The summed E-state index contributed by atoms with van der Waals surface area (Å²) in [5, 5.41) is 11.7. The van der Waals surface area contributed by atoms with Crippen LogP contribution in [-0.2, 0) is 20.7 Å². The van der Waals surface area contributed by atoms with Crippen LogP contribution in [0.5, 0.6) is 11.5 Å². The maximum Gasteiger partial charge on any atom is 0.341 e. The number of esters is 1. The van der Waals surface area contributed by atoms with E-state index in [1.165, 1.54) is 6.07 Å². The van der Waals surface area contributed by atoms with Crippen LogP contribution in [0.4, 0.5) is 5.82 Å². The number of benzene rings is 1. The molecule has 1 saturated carbocycles. The molecule has 4 fully saturated rings. The van der Waals surface area contributed by atoms with Crippen LogP contribution in [0.1, 0.15) is 68.8 Å². The largest absolute Gasteiger partial charge is 0.507 e. The minimum atomic E-state index is -0.973. The number of carbonyl (C=O) groups is 1. The SMILES string of the molecule is Cc1cc(=O)c2c(O)c3c(cc2o1)OC(C)(C)[C@@H]1OC(=O)[C@@]2(O[C@@H]2CCc2ccnc(N)c2)C2CCC(CC2)[C@@H]31. The van der Waals surface area contributed by atoms with E-state index >= 15 is 0 Å². The molecule has 2 bridgehead atoms. The first kappa shape index (κ1) is 25.4. The van der Waals surface area contributed by atoms with Crippen LogP contribution in [0.2, 0.25) is 0 Å². The summed E-state index contributed by atoms with van der Waals surface area (Å²) in [6.07, 6.45) is 5.55. The molecule has 40 heavy (non-hydrogen) atoms. The van der Waals surface area contributed by atoms with Crippen molar-refractivity contribution in [2.45, 2.75) is 88.6 Å². The number of nitrogen functional groups attached to an aromatic ring is 1. The number of nitrogens with two attached hydrogens (primary N) is 1. The number of aryl methyl sites for hydroxylation is 2. The number of hydrogen-bond acceptors (Lipinski definition) is 9. The standard InChI is InChI=1S/C31H34N2O7/c1-15-12-19(34)25-20(37-15)14-21-26(27(25)35)24-17-5-7-18(8-6-17)31(29(36)38-28(24)30(2,3)39-21)22(40-31)9-4-16-10-11-33-23(32)13-16/h10-14,17-18,22,24,28,35H,4-9H2,1-3H3,(H2,32,33)/t17?,18?,22-,24+,28-,31-/m1/s1. The summed E-state index contributed by atoms with van der Waals surface area (Å²) in [6, 6.07) is 6.86. The number of aromatic nitrogens is 1. The molecule has 8 rings (SSSR count). The van der Waals surface area contributed by atoms with Crippen LogP contribution in [0.3, 0.4) is 0 Å². The van der Waals surface area contributed by atoms with Crippen LogP contribution >= 0.6 is 0 Å². The smallest absolute Gasteiger partial charge is 0.341 e. The molecule has 0 unspecified atom stereocenters. The second-order valence-corrected chi connectivity index (χ2v) is 12.4. The van der Waals surface area contributed by atoms with E-state index in [1.54, 1.807) is 19.2 Å². The quantitative estimate of drug-likeness (QED) is 0.358. The van der Waals surface area contributed by atoms with Crippen molar-refractivity contribution in [1.82, 2.24) is 4.98 Å². The zero-order valence-corrected chi connectivity index (χ0v) is 22.9. The normalized spacial score (nSPS) is 31.9. The molecule has 3 aromatic rings. The number of fused-ring (bicyclic) bond motifs is 5. The molecule has 1 spiro atoms. The third kappa shape index (κ3) is 3.73. The van der Waals surface area contributed by atoms with E-state index in [-0.39, 0.29) is 52.0 Å². The van der Waals surface area contributed by atoms with Gasteiger partial charge >= 0.3 is 5.97 Å². The lowest BCUT2D eigenvalue weighted by Crippen LogP contribution is -2.53. The molecule has 0 amide bonds. The monoisotopic (exact) mass is 546 g/mol. The van der Waals surface area contributed by atoms with E-state index in [0.717, 1.165) is 37.7 Å². The van der Waals surface area contributed by atoms with E-state index in [0.29, 0.717) is 29.3 Å². The van der Waals surface area contributed by atoms with Crippen molar-refractivity contribution in [1.29, 1.82) is 0 Å². The number of ether oxygens (including phenoxy) is 3. The fraction of sp³-hybridized carbons (Fsp3) is 0.516. The second kappa shape index (κ2) is 8.70. The summed E-state index contributed by atoms with van der Waals surface area (Å²) in [4.78, 5) is 31.0. The predicted molar refractivity (Wildman–Crippen MR) is 146 cm³/mol. The van der Waals surface area contributed by atoms with Gasteiger partial charge in [0.2, 0.25) is 0 Å². The number of hydrogen-bond donors (Lipinski definition) is 2. The summed E-state index contributed by atoms with van der Waals surface area (Å²) < 4.78 is 24.9. The van der Waals surface area contributed by atoms with Crippen LogP contribution in [0.15, 0.2) is 39.7 Å². The molecule has 3 N–H and O–H groups in total. The van der Waals surface area contributed by atoms with E-state index in [9.17, 15) is 14.7 Å². The summed E-state index contributed by atoms with van der Waals surface area (Å²) in [5.74, 6) is 0.766. The van der Waals surface area contributed by atoms with Crippen molar-refractivity contribution in [3.63, 3.8) is 0 Å². The molecule has 6 heterocycles. The lowest BCUT2D eigenvalue weighted by Gasteiger charge is -2.47. The first-order valence-electron chi connectivity index (χ1n) is 14.2. The molecule has 9 nitrogen and oxygen atoms in total. The summed E-state index contributed by atoms with van der Waals surface area (Å²) in [6.45, 7) is 5.51. The van der Waals surface area contributed by atoms with Crippen molar-refractivity contribution in [3.8, 4) is 11.5 Å². The Morgan fingerprint density at radius 1 is 1.12 bits per heavy atom. The van der Waals surface area contributed by atoms with Gasteiger partial charge in [-0.2, -0.15) is 0 Å². The van der Waals surface area contributed by atoms with E-state index in [4.69, 9.17) is 24.4 Å². The minimum absolute atomic E-state index is 0.0626. The molecule has 5 aliphatic rings. The van der Waals surface area contributed by atoms with Crippen molar-refractivity contribution >= 4 is 22.8 Å². The lowest BCUT2D eigenvalue weighted by molar-refractivity contribution is -0.172. The summed E-state index contributed by atoms with van der Waals surface area (Å²) >= 11 is 0. The Morgan fingerprint density at radius 2 is 1.90 bits per heavy atom. The summed E-state index contributed by atoms with van der Waals surface area (Å²) in [5.41, 5.74) is 5.55. The molecule has 4 atom stereocenters. The van der Waals surface area contributed by atoms with Crippen molar-refractivity contribution in [3.05, 3.63) is 57.6 Å². The number of epoxide rings is 1. The number of aromatic hydroxyl groups is 1. The first-order valence-corrected chi connectivity index (χ1v) is 14.2. The minimum Gasteiger partial charge on any atom is -0.507 e. The van der Waals surface area contributed by atoms with Gasteiger partial charge in [0, 0.05) is 35.7 Å². The molecule has 1 aliphatic carbocycles. The molecule has 2 aromatic heterocycles. The lowest BCUT2D eigenvalue weighted by atomic mass is 9.66. The van der Waals surface area contributed by atoms with Crippen LogP contribution in [0, 0.1) is 18.8 Å². The number of anilines is 1. The average Bonchev–Trinajstić information content (AvgIpc) is 3.61. The van der Waals surface area contributed by atoms with E-state index in [1.807, 2.05) is 26.0 Å². The van der Waals surface area contributed by atoms with Gasteiger partial charge < -0.3 is 29.5 Å². The van der Waals surface area contributed by atoms with Gasteiger partial charge in [0.25, 0.3) is 0 Å². The number of carbonyl (C=O) groups excluding carboxylic acids is 1. The zero-order valence-electron chi connectivity index (χ0n) is 22.9. The third-order valence-electron chi connectivity index (χ3n) is 9.57. The van der Waals surface area contributed by atoms with Gasteiger partial charge in [-0.05, 0) is 82.9 Å². The molecule has 4 aliphatic heterocycles. The number of phenols is 1. The topological polar surface area (TPSA) is 137 Å². The second-order valence-electron chi connectivity index (χ2n) is 12.4. The van der Waals surface area contributed by atoms with E-state index < -0.39 is 17.3 Å². The van der Waals surface area contributed by atoms with Crippen LogP contribution in [0.25, 0.3) is 11.0 Å². The highest BCUT2D eigenvalue weighted by atomic mass is 16.7. The van der Waals surface area contributed by atoms with Gasteiger partial charge in [-0.15, -0.1) is 0 Å². The molecule has 1 aromatic carbocycles. The van der Waals surface area contributed by atoms with Gasteiger partial charge in [-0.3, -0.25) is 4.79 Å². The van der Waals surface area contributed by atoms with Gasteiger partial charge in [0.15, 0.2) is 11.0 Å².